The molecule has 0 radical (unpaired) electrons. The zero-order valence-corrected chi connectivity index (χ0v) is 16.8. The van der Waals surface area contributed by atoms with Gasteiger partial charge in [-0.1, -0.05) is 0 Å². The van der Waals surface area contributed by atoms with Crippen molar-refractivity contribution in [1.29, 1.82) is 0 Å². The molecule has 0 spiro atoms. The molecule has 1 aliphatic rings. The average molecular weight is 426 g/mol. The third-order valence-corrected chi connectivity index (χ3v) is 5.19. The maximum Gasteiger partial charge on any atom is 0.266 e. The number of rotatable bonds is 5. The first-order chi connectivity index (χ1) is 15.2. The van der Waals surface area contributed by atoms with Gasteiger partial charge in [-0.05, 0) is 19.1 Å². The lowest BCUT2D eigenvalue weighted by Crippen LogP contribution is -2.37. The van der Waals surface area contributed by atoms with Gasteiger partial charge in [-0.2, -0.15) is 15.1 Å². The molecule has 0 N–H and O–H groups in total. The van der Waals surface area contributed by atoms with Crippen molar-refractivity contribution in [3.63, 3.8) is 0 Å². The predicted octanol–water partition coefficient (Wildman–Crippen LogP) is 2.87. The second-order valence-corrected chi connectivity index (χ2v) is 7.05. The lowest BCUT2D eigenvalue weighted by molar-refractivity contribution is 0.122. The maximum absolute atomic E-state index is 13.1. The lowest BCUT2D eigenvalue weighted by atomic mass is 10.2. The number of aromatic nitrogens is 7. The van der Waals surface area contributed by atoms with Gasteiger partial charge in [0.1, 0.15) is 5.82 Å². The Morgan fingerprint density at radius 2 is 1.87 bits per heavy atom. The fourth-order valence-corrected chi connectivity index (χ4v) is 3.65. The standard InChI is InChI=1S/C20H20F2N8O/c1-2-29-17(13-3-5-23-6-4-13)25-15-18(28-7-9-31-10-8-28)26-20(27-19(15)29)30-12-14(11-24-30)16(21)22/h3-6,11-12,16H,2,7-10H2,1H3. The summed E-state index contributed by atoms with van der Waals surface area (Å²) in [6, 6.07) is 3.77. The van der Waals surface area contributed by atoms with Gasteiger partial charge in [0.2, 0.25) is 0 Å². The van der Waals surface area contributed by atoms with Gasteiger partial charge < -0.3 is 14.2 Å². The third kappa shape index (κ3) is 3.50. The maximum atomic E-state index is 13.1. The Bertz CT molecular complexity index is 1200. The number of alkyl halides is 2. The van der Waals surface area contributed by atoms with Gasteiger partial charge >= 0.3 is 0 Å². The van der Waals surface area contributed by atoms with E-state index < -0.39 is 6.43 Å². The highest BCUT2D eigenvalue weighted by atomic mass is 19.3. The van der Waals surface area contributed by atoms with Crippen LogP contribution in [0, 0.1) is 0 Å². The smallest absolute Gasteiger partial charge is 0.266 e. The molecule has 0 unspecified atom stereocenters. The van der Waals surface area contributed by atoms with Gasteiger partial charge in [0.25, 0.3) is 12.4 Å². The summed E-state index contributed by atoms with van der Waals surface area (Å²) in [4.78, 5) is 20.4. The average Bonchev–Trinajstić information content (AvgIpc) is 3.45. The third-order valence-electron chi connectivity index (χ3n) is 5.19. The number of halogens is 2. The lowest BCUT2D eigenvalue weighted by Gasteiger charge is -2.28. The van der Waals surface area contributed by atoms with Crippen LogP contribution in [0.1, 0.15) is 18.9 Å². The molecular weight excluding hydrogens is 406 g/mol. The summed E-state index contributed by atoms with van der Waals surface area (Å²) in [5.74, 6) is 1.60. The monoisotopic (exact) mass is 426 g/mol. The molecule has 0 atom stereocenters. The van der Waals surface area contributed by atoms with E-state index in [1.54, 1.807) is 12.4 Å². The van der Waals surface area contributed by atoms with Crippen molar-refractivity contribution in [3.05, 3.63) is 42.5 Å². The van der Waals surface area contributed by atoms with Gasteiger partial charge in [-0.25, -0.2) is 18.4 Å². The summed E-state index contributed by atoms with van der Waals surface area (Å²) >= 11 is 0. The van der Waals surface area contributed by atoms with Crippen LogP contribution in [0.5, 0.6) is 0 Å². The molecule has 5 rings (SSSR count). The van der Waals surface area contributed by atoms with E-state index in [0.29, 0.717) is 49.8 Å². The summed E-state index contributed by atoms with van der Waals surface area (Å²) in [6.07, 6.45) is 3.20. The highest BCUT2D eigenvalue weighted by Gasteiger charge is 2.24. The number of hydrogen-bond acceptors (Lipinski definition) is 7. The number of morpholine rings is 1. The molecule has 31 heavy (non-hydrogen) atoms. The molecule has 1 aliphatic heterocycles. The van der Waals surface area contributed by atoms with Crippen LogP contribution in [0.4, 0.5) is 14.6 Å². The predicted molar refractivity (Wildman–Crippen MR) is 109 cm³/mol. The van der Waals surface area contributed by atoms with Crippen molar-refractivity contribution < 1.29 is 13.5 Å². The van der Waals surface area contributed by atoms with E-state index in [9.17, 15) is 8.78 Å². The quantitative estimate of drug-likeness (QED) is 0.485. The van der Waals surface area contributed by atoms with Crippen molar-refractivity contribution in [2.75, 3.05) is 31.2 Å². The van der Waals surface area contributed by atoms with E-state index in [0.717, 1.165) is 17.6 Å². The molecule has 4 aromatic rings. The van der Waals surface area contributed by atoms with Crippen LogP contribution in [0.15, 0.2) is 36.9 Å². The summed E-state index contributed by atoms with van der Waals surface area (Å²) in [7, 11) is 0. The number of fused-ring (bicyclic) bond motifs is 1. The first-order valence-corrected chi connectivity index (χ1v) is 10.00. The highest BCUT2D eigenvalue weighted by Crippen LogP contribution is 2.30. The molecule has 11 heteroatoms. The minimum absolute atomic E-state index is 0.182. The van der Waals surface area contributed by atoms with Gasteiger partial charge in [-0.15, -0.1) is 0 Å². The Morgan fingerprint density at radius 1 is 1.10 bits per heavy atom. The SMILES string of the molecule is CCn1c(-c2ccncc2)nc2c(N3CCOCC3)nc(-n3cc(C(F)F)cn3)nc21. The second-order valence-electron chi connectivity index (χ2n) is 7.05. The molecular formula is C20H20F2N8O. The molecule has 0 aromatic carbocycles. The first-order valence-electron chi connectivity index (χ1n) is 10.00. The molecule has 4 aromatic heterocycles. The number of nitrogens with zero attached hydrogens (tertiary/aromatic N) is 8. The van der Waals surface area contributed by atoms with E-state index in [-0.39, 0.29) is 11.5 Å². The molecule has 0 amide bonds. The van der Waals surface area contributed by atoms with Gasteiger partial charge in [-0.3, -0.25) is 4.98 Å². The van der Waals surface area contributed by atoms with Crippen LogP contribution in [-0.2, 0) is 11.3 Å². The van der Waals surface area contributed by atoms with Gasteiger partial charge in [0, 0.05) is 43.8 Å². The van der Waals surface area contributed by atoms with Crippen molar-refractivity contribution in [1.82, 2.24) is 34.3 Å². The highest BCUT2D eigenvalue weighted by molar-refractivity contribution is 5.87. The van der Waals surface area contributed by atoms with E-state index in [1.807, 2.05) is 23.6 Å². The Labute approximate surface area is 176 Å². The van der Waals surface area contributed by atoms with Crippen molar-refractivity contribution in [2.45, 2.75) is 19.9 Å². The van der Waals surface area contributed by atoms with Crippen LogP contribution in [0.3, 0.4) is 0 Å². The van der Waals surface area contributed by atoms with Crippen molar-refractivity contribution in [2.24, 2.45) is 0 Å². The molecule has 9 nitrogen and oxygen atoms in total. The number of ether oxygens (including phenoxy) is 1. The molecule has 160 valence electrons. The first kappa shape index (κ1) is 19.5. The zero-order valence-electron chi connectivity index (χ0n) is 16.8. The Morgan fingerprint density at radius 3 is 2.55 bits per heavy atom. The Balaban J connectivity index is 1.73. The number of aryl methyl sites for hydroxylation is 1. The topological polar surface area (TPSA) is 86.8 Å². The summed E-state index contributed by atoms with van der Waals surface area (Å²) in [5, 5.41) is 4.05. The normalized spacial score (nSPS) is 14.6. The largest absolute Gasteiger partial charge is 0.378 e. The number of hydrogen-bond donors (Lipinski definition) is 0. The zero-order chi connectivity index (χ0) is 21.4. The summed E-state index contributed by atoms with van der Waals surface area (Å²) in [5.41, 5.74) is 2.00. The van der Waals surface area contributed by atoms with Crippen LogP contribution in [-0.4, -0.2) is 60.6 Å². The van der Waals surface area contributed by atoms with E-state index >= 15 is 0 Å². The molecule has 5 heterocycles. The fourth-order valence-electron chi connectivity index (χ4n) is 3.65. The van der Waals surface area contributed by atoms with Crippen LogP contribution in [0.2, 0.25) is 0 Å². The van der Waals surface area contributed by atoms with Crippen molar-refractivity contribution >= 4 is 17.0 Å². The Hall–Kier alpha value is -3.47. The van der Waals surface area contributed by atoms with Gasteiger partial charge in [0.05, 0.1) is 25.0 Å². The van der Waals surface area contributed by atoms with Crippen LogP contribution in [0.25, 0.3) is 28.5 Å². The van der Waals surface area contributed by atoms with Crippen LogP contribution < -0.4 is 4.90 Å². The van der Waals surface area contributed by atoms with Crippen molar-refractivity contribution in [3.8, 4) is 17.3 Å². The number of pyridine rings is 1. The van der Waals surface area contributed by atoms with Crippen LogP contribution >= 0.6 is 0 Å². The van der Waals surface area contributed by atoms with E-state index in [4.69, 9.17) is 9.72 Å². The minimum Gasteiger partial charge on any atom is -0.378 e. The summed E-state index contributed by atoms with van der Waals surface area (Å²) in [6.45, 7) is 5.07. The van der Waals surface area contributed by atoms with E-state index in [2.05, 4.69) is 25.0 Å². The molecule has 0 bridgehead atoms. The molecule has 1 saturated heterocycles. The minimum atomic E-state index is -2.62. The second kappa shape index (κ2) is 7.99. The molecule has 0 aliphatic carbocycles. The molecule has 0 saturated carbocycles. The van der Waals surface area contributed by atoms with E-state index in [1.165, 1.54) is 10.9 Å². The summed E-state index contributed by atoms with van der Waals surface area (Å²) < 4.78 is 34.9. The molecule has 1 fully saturated rings. The number of anilines is 1. The van der Waals surface area contributed by atoms with Gasteiger partial charge in [0.15, 0.2) is 17.0 Å². The number of imidazole rings is 1. The Kier molecular flexibility index (Phi) is 5.02. The fraction of sp³-hybridized carbons (Fsp3) is 0.350.